The fraction of sp³-hybridized carbons (Fsp3) is 0.125. The first-order chi connectivity index (χ1) is 6.79. The maximum atomic E-state index is 10.9. The molecule has 0 aliphatic carbocycles. The van der Waals surface area contributed by atoms with Gasteiger partial charge in [0.1, 0.15) is 5.52 Å². The van der Waals surface area contributed by atoms with Gasteiger partial charge in [0, 0.05) is 6.20 Å². The van der Waals surface area contributed by atoms with Crippen LogP contribution in [0.5, 0.6) is 0 Å². The van der Waals surface area contributed by atoms with Crippen molar-refractivity contribution in [3.63, 3.8) is 0 Å². The van der Waals surface area contributed by atoms with E-state index in [0.717, 1.165) is 10.2 Å². The van der Waals surface area contributed by atoms with E-state index in [1.807, 2.05) is 6.07 Å². The molecule has 2 rings (SSSR count). The van der Waals surface area contributed by atoms with E-state index in [0.29, 0.717) is 5.13 Å². The molecule has 0 aromatic carbocycles. The number of carbonyl (C=O) groups is 1. The lowest BCUT2D eigenvalue weighted by Gasteiger charge is -1.96. The number of ether oxygens (including phenoxy) is 1. The number of hydrogen-bond acceptors (Lipinski definition) is 5. The van der Waals surface area contributed by atoms with Gasteiger partial charge in [-0.2, -0.15) is 0 Å². The van der Waals surface area contributed by atoms with Gasteiger partial charge in [0.25, 0.3) is 0 Å². The molecule has 0 saturated carbocycles. The molecule has 0 aliphatic rings. The molecule has 0 atom stereocenters. The molecule has 0 aliphatic heterocycles. The van der Waals surface area contributed by atoms with Crippen LogP contribution in [0.3, 0.4) is 0 Å². The predicted octanol–water partition coefficient (Wildman–Crippen LogP) is 1.87. The van der Waals surface area contributed by atoms with Gasteiger partial charge in [0.2, 0.25) is 0 Å². The zero-order chi connectivity index (χ0) is 9.97. The Hall–Kier alpha value is -1.69. The number of nitrogens with one attached hydrogen (secondary N) is 1. The summed E-state index contributed by atoms with van der Waals surface area (Å²) in [6.45, 7) is 0. The van der Waals surface area contributed by atoms with Crippen molar-refractivity contribution >= 4 is 32.8 Å². The summed E-state index contributed by atoms with van der Waals surface area (Å²) < 4.78 is 5.43. The van der Waals surface area contributed by atoms with Crippen molar-refractivity contribution in [1.82, 2.24) is 9.97 Å². The molecule has 1 N–H and O–H groups in total. The first-order valence-electron chi connectivity index (χ1n) is 3.85. The maximum Gasteiger partial charge on any atom is 0.413 e. The van der Waals surface area contributed by atoms with Gasteiger partial charge >= 0.3 is 6.09 Å². The highest BCUT2D eigenvalue weighted by atomic mass is 32.1. The minimum Gasteiger partial charge on any atom is -0.453 e. The Kier molecular flexibility index (Phi) is 2.28. The number of rotatable bonds is 1. The first kappa shape index (κ1) is 8.89. The zero-order valence-electron chi connectivity index (χ0n) is 7.35. The van der Waals surface area contributed by atoms with Crippen molar-refractivity contribution in [2.75, 3.05) is 12.4 Å². The summed E-state index contributed by atoms with van der Waals surface area (Å²) in [4.78, 5) is 18.9. The minimum atomic E-state index is -0.517. The summed E-state index contributed by atoms with van der Waals surface area (Å²) in [6, 6.07) is 1.84. The highest BCUT2D eigenvalue weighted by Gasteiger charge is 2.06. The number of thiazole rings is 1. The van der Waals surface area contributed by atoms with E-state index in [9.17, 15) is 4.79 Å². The Morgan fingerprint density at radius 1 is 1.64 bits per heavy atom. The third kappa shape index (κ3) is 1.64. The third-order valence-corrected chi connectivity index (χ3v) is 2.54. The maximum absolute atomic E-state index is 10.9. The van der Waals surface area contributed by atoms with Crippen LogP contribution < -0.4 is 5.32 Å². The molecule has 2 aromatic rings. The van der Waals surface area contributed by atoms with Crippen LogP contribution in [0.2, 0.25) is 0 Å². The second-order valence-electron chi connectivity index (χ2n) is 2.48. The Labute approximate surface area is 83.7 Å². The summed E-state index contributed by atoms with van der Waals surface area (Å²) in [5.74, 6) is 0. The average Bonchev–Trinajstić information content (AvgIpc) is 2.59. The fourth-order valence-electron chi connectivity index (χ4n) is 0.972. The molecule has 2 heterocycles. The van der Waals surface area contributed by atoms with E-state index in [1.54, 1.807) is 12.4 Å². The summed E-state index contributed by atoms with van der Waals surface area (Å²) in [7, 11) is 1.31. The van der Waals surface area contributed by atoms with Crippen molar-refractivity contribution in [3.05, 3.63) is 18.5 Å². The van der Waals surface area contributed by atoms with Crippen LogP contribution in [0.1, 0.15) is 0 Å². The zero-order valence-corrected chi connectivity index (χ0v) is 8.17. The van der Waals surface area contributed by atoms with Crippen LogP contribution in [-0.4, -0.2) is 23.2 Å². The number of amides is 1. The molecule has 5 nitrogen and oxygen atoms in total. The van der Waals surface area contributed by atoms with Crippen LogP contribution in [0, 0.1) is 0 Å². The first-order valence-corrected chi connectivity index (χ1v) is 4.67. The molecule has 0 fully saturated rings. The highest BCUT2D eigenvalue weighted by Crippen LogP contribution is 2.24. The lowest BCUT2D eigenvalue weighted by Crippen LogP contribution is -2.10. The lowest BCUT2D eigenvalue weighted by molar-refractivity contribution is 0.187. The van der Waals surface area contributed by atoms with Crippen molar-refractivity contribution < 1.29 is 9.53 Å². The molecule has 0 spiro atoms. The Balaban J connectivity index is 2.31. The summed E-state index contributed by atoms with van der Waals surface area (Å²) in [5, 5.41) is 3.01. The molecule has 1 amide bonds. The summed E-state index contributed by atoms with van der Waals surface area (Å²) >= 11 is 1.38. The molecule has 0 unspecified atom stereocenters. The second kappa shape index (κ2) is 3.59. The number of aromatic nitrogens is 2. The Morgan fingerprint density at radius 3 is 3.21 bits per heavy atom. The van der Waals surface area contributed by atoms with E-state index in [-0.39, 0.29) is 0 Å². The highest BCUT2D eigenvalue weighted by molar-refractivity contribution is 7.22. The SMILES string of the molecule is COC(=O)Nc1nc2cnccc2s1. The van der Waals surface area contributed by atoms with Gasteiger partial charge < -0.3 is 4.74 Å². The second-order valence-corrected chi connectivity index (χ2v) is 3.51. The molecule has 14 heavy (non-hydrogen) atoms. The largest absolute Gasteiger partial charge is 0.453 e. The fourth-order valence-corrected chi connectivity index (χ4v) is 1.79. The standard InChI is InChI=1S/C8H7N3O2S/c1-13-8(12)11-7-10-5-4-9-3-2-6(5)14-7/h2-4H,1H3,(H,10,11,12). The normalized spacial score (nSPS) is 10.1. The molecular weight excluding hydrogens is 202 g/mol. The Morgan fingerprint density at radius 2 is 2.50 bits per heavy atom. The monoisotopic (exact) mass is 209 g/mol. The van der Waals surface area contributed by atoms with Crippen LogP contribution in [0.25, 0.3) is 10.2 Å². The van der Waals surface area contributed by atoms with Crippen molar-refractivity contribution in [3.8, 4) is 0 Å². The van der Waals surface area contributed by atoms with Crippen LogP contribution >= 0.6 is 11.3 Å². The topological polar surface area (TPSA) is 64.1 Å². The van der Waals surface area contributed by atoms with Crippen molar-refractivity contribution in [1.29, 1.82) is 0 Å². The van der Waals surface area contributed by atoms with E-state index >= 15 is 0 Å². The molecule has 72 valence electrons. The minimum absolute atomic E-state index is 0.514. The van der Waals surface area contributed by atoms with Crippen LogP contribution in [0.15, 0.2) is 18.5 Å². The van der Waals surface area contributed by atoms with Crippen LogP contribution in [-0.2, 0) is 4.74 Å². The molecular formula is C8H7N3O2S. The predicted molar refractivity (Wildman–Crippen MR) is 53.4 cm³/mol. The molecule has 0 bridgehead atoms. The number of methoxy groups -OCH3 is 1. The molecule has 2 aromatic heterocycles. The van der Waals surface area contributed by atoms with Crippen molar-refractivity contribution in [2.45, 2.75) is 0 Å². The van der Waals surface area contributed by atoms with Gasteiger partial charge in [-0.05, 0) is 6.07 Å². The average molecular weight is 209 g/mol. The molecule has 0 saturated heterocycles. The summed E-state index contributed by atoms with van der Waals surface area (Å²) in [5.41, 5.74) is 0.768. The Bertz CT molecular complexity index is 435. The van der Waals surface area contributed by atoms with Gasteiger partial charge in [-0.1, -0.05) is 11.3 Å². The number of fused-ring (bicyclic) bond motifs is 1. The smallest absolute Gasteiger partial charge is 0.413 e. The van der Waals surface area contributed by atoms with E-state index in [2.05, 4.69) is 20.0 Å². The van der Waals surface area contributed by atoms with Gasteiger partial charge in [-0.15, -0.1) is 0 Å². The van der Waals surface area contributed by atoms with Crippen molar-refractivity contribution in [2.24, 2.45) is 0 Å². The van der Waals surface area contributed by atoms with E-state index < -0.39 is 6.09 Å². The number of hydrogen-bond donors (Lipinski definition) is 1. The lowest BCUT2D eigenvalue weighted by atomic mass is 10.5. The molecule has 0 radical (unpaired) electrons. The van der Waals surface area contributed by atoms with Gasteiger partial charge in [-0.25, -0.2) is 9.78 Å². The molecule has 6 heteroatoms. The third-order valence-electron chi connectivity index (χ3n) is 1.58. The number of anilines is 1. The van der Waals surface area contributed by atoms with E-state index in [4.69, 9.17) is 0 Å². The number of carbonyl (C=O) groups excluding carboxylic acids is 1. The van der Waals surface area contributed by atoms with Gasteiger partial charge in [0.05, 0.1) is 18.0 Å². The van der Waals surface area contributed by atoms with Gasteiger partial charge in [0.15, 0.2) is 5.13 Å². The van der Waals surface area contributed by atoms with Gasteiger partial charge in [-0.3, -0.25) is 10.3 Å². The van der Waals surface area contributed by atoms with E-state index in [1.165, 1.54) is 18.4 Å². The number of nitrogens with zero attached hydrogens (tertiary/aromatic N) is 2. The number of pyridine rings is 1. The summed E-state index contributed by atoms with van der Waals surface area (Å²) in [6.07, 6.45) is 2.81. The quantitative estimate of drug-likeness (QED) is 0.778. The van der Waals surface area contributed by atoms with Crippen LogP contribution in [0.4, 0.5) is 9.93 Å².